The summed E-state index contributed by atoms with van der Waals surface area (Å²) in [6, 6.07) is 67.5. The van der Waals surface area contributed by atoms with Gasteiger partial charge in [-0.3, -0.25) is 0 Å². The van der Waals surface area contributed by atoms with Gasteiger partial charge < -0.3 is 9.80 Å². The van der Waals surface area contributed by atoms with Crippen LogP contribution in [0.5, 0.6) is 0 Å². The van der Waals surface area contributed by atoms with Gasteiger partial charge in [-0.05, 0) is 124 Å². The van der Waals surface area contributed by atoms with Crippen molar-refractivity contribution in [2.75, 3.05) is 9.80 Å². The SMILES string of the molecule is C=C/C=C/CCc1c(-c2ccccc2)c2cc(N(c3ccccc3)c3ccccc3)ccc2c2ccc(N(c3ccccc3)c3ccccc3)cc12. The summed E-state index contributed by atoms with van der Waals surface area (Å²) < 4.78 is 0. The number of rotatable bonds is 11. The zero-order valence-electron chi connectivity index (χ0n) is 29.1. The largest absolute Gasteiger partial charge is 0.310 e. The highest BCUT2D eigenvalue weighted by Gasteiger charge is 2.21. The van der Waals surface area contributed by atoms with Crippen molar-refractivity contribution in [2.45, 2.75) is 12.8 Å². The molecule has 2 nitrogen and oxygen atoms in total. The van der Waals surface area contributed by atoms with Crippen molar-refractivity contribution in [1.29, 1.82) is 0 Å². The van der Waals surface area contributed by atoms with Crippen LogP contribution in [0.25, 0.3) is 32.7 Å². The van der Waals surface area contributed by atoms with Crippen LogP contribution in [0.2, 0.25) is 0 Å². The van der Waals surface area contributed by atoms with Crippen molar-refractivity contribution in [1.82, 2.24) is 0 Å². The van der Waals surface area contributed by atoms with E-state index in [1.54, 1.807) is 0 Å². The molecule has 0 spiro atoms. The van der Waals surface area contributed by atoms with Crippen LogP contribution in [-0.4, -0.2) is 0 Å². The molecule has 0 saturated heterocycles. The van der Waals surface area contributed by atoms with Gasteiger partial charge in [0, 0.05) is 34.1 Å². The van der Waals surface area contributed by atoms with Gasteiger partial charge in [0.15, 0.2) is 0 Å². The highest BCUT2D eigenvalue weighted by Crippen LogP contribution is 2.45. The van der Waals surface area contributed by atoms with Crippen molar-refractivity contribution < 1.29 is 0 Å². The van der Waals surface area contributed by atoms with E-state index in [1.807, 2.05) is 6.08 Å². The number of benzene rings is 8. The van der Waals surface area contributed by atoms with Gasteiger partial charge in [-0.2, -0.15) is 0 Å². The average molecular weight is 669 g/mol. The number of allylic oxidation sites excluding steroid dienone is 3. The average Bonchev–Trinajstić information content (AvgIpc) is 3.21. The van der Waals surface area contributed by atoms with Gasteiger partial charge in [-0.15, -0.1) is 0 Å². The minimum absolute atomic E-state index is 0.881. The molecule has 0 fully saturated rings. The molecule has 2 heteroatoms. The number of anilines is 6. The summed E-state index contributed by atoms with van der Waals surface area (Å²) in [6.07, 6.45) is 7.92. The molecule has 52 heavy (non-hydrogen) atoms. The number of hydrogen-bond acceptors (Lipinski definition) is 2. The summed E-state index contributed by atoms with van der Waals surface area (Å²) in [5, 5.41) is 5.00. The van der Waals surface area contributed by atoms with E-state index in [0.717, 1.165) is 47.0 Å². The maximum absolute atomic E-state index is 3.93. The second kappa shape index (κ2) is 15.1. The van der Waals surface area contributed by atoms with E-state index >= 15 is 0 Å². The van der Waals surface area contributed by atoms with Crippen LogP contribution in [0.1, 0.15) is 12.0 Å². The van der Waals surface area contributed by atoms with Gasteiger partial charge in [0.1, 0.15) is 0 Å². The lowest BCUT2D eigenvalue weighted by atomic mass is 9.85. The molecule has 0 aliphatic heterocycles. The third-order valence-corrected chi connectivity index (χ3v) is 9.66. The first-order valence-corrected chi connectivity index (χ1v) is 18.0. The summed E-state index contributed by atoms with van der Waals surface area (Å²) in [6.45, 7) is 3.93. The van der Waals surface area contributed by atoms with E-state index < -0.39 is 0 Å². The van der Waals surface area contributed by atoms with Crippen molar-refractivity contribution in [3.63, 3.8) is 0 Å². The molecule has 0 heterocycles. The van der Waals surface area contributed by atoms with Crippen LogP contribution in [-0.2, 0) is 6.42 Å². The molecule has 0 aliphatic carbocycles. The first kappa shape index (κ1) is 32.6. The molecule has 250 valence electrons. The van der Waals surface area contributed by atoms with Crippen LogP contribution in [0.15, 0.2) is 213 Å². The Morgan fingerprint density at radius 3 is 1.25 bits per heavy atom. The summed E-state index contributed by atoms with van der Waals surface area (Å²) in [4.78, 5) is 4.71. The number of nitrogens with zero attached hydrogens (tertiary/aromatic N) is 2. The van der Waals surface area contributed by atoms with Crippen molar-refractivity contribution in [3.8, 4) is 11.1 Å². The molecule has 0 saturated carbocycles. The molecule has 8 aromatic rings. The lowest BCUT2D eigenvalue weighted by Crippen LogP contribution is -2.10. The molecule has 8 rings (SSSR count). The van der Waals surface area contributed by atoms with Crippen LogP contribution >= 0.6 is 0 Å². The predicted octanol–water partition coefficient (Wildman–Crippen LogP) is 14.3. The zero-order valence-corrected chi connectivity index (χ0v) is 29.1. The minimum atomic E-state index is 0.881. The fourth-order valence-corrected chi connectivity index (χ4v) is 7.38. The standard InChI is InChI=1S/C50H40N2/c1-2-3-4-20-31-47-48-36-43(51(39-23-12-6-13-24-39)40-25-14-7-15-26-40)32-34-45(48)46-35-33-44(37-49(46)50(47)38-21-10-5-11-22-38)52(41-27-16-8-17-28-41)42-29-18-9-19-30-42/h2-19,21-30,32-37H,1,20,31H2/b4-3+. The molecule has 0 bridgehead atoms. The maximum atomic E-state index is 3.93. The molecule has 0 atom stereocenters. The Bertz CT molecular complexity index is 2380. The molecule has 0 amide bonds. The van der Waals surface area contributed by atoms with E-state index in [4.69, 9.17) is 0 Å². The Labute approximate surface area is 306 Å². The van der Waals surface area contributed by atoms with Gasteiger partial charge in [0.2, 0.25) is 0 Å². The van der Waals surface area contributed by atoms with Gasteiger partial charge in [0.05, 0.1) is 0 Å². The lowest BCUT2D eigenvalue weighted by Gasteiger charge is -2.28. The molecule has 8 aromatic carbocycles. The van der Waals surface area contributed by atoms with Gasteiger partial charge >= 0.3 is 0 Å². The summed E-state index contributed by atoms with van der Waals surface area (Å²) in [5.74, 6) is 0. The molecular formula is C50H40N2. The number of para-hydroxylation sites is 4. The van der Waals surface area contributed by atoms with E-state index in [1.165, 1.54) is 38.2 Å². The van der Waals surface area contributed by atoms with Crippen LogP contribution in [0.3, 0.4) is 0 Å². The van der Waals surface area contributed by atoms with Gasteiger partial charge in [0.25, 0.3) is 0 Å². The second-order valence-electron chi connectivity index (χ2n) is 12.9. The Balaban J connectivity index is 1.42. The second-order valence-corrected chi connectivity index (χ2v) is 12.9. The minimum Gasteiger partial charge on any atom is -0.310 e. The molecular weight excluding hydrogens is 629 g/mol. The fraction of sp³-hybridized carbons (Fsp3) is 0.0400. The van der Waals surface area contributed by atoms with Crippen molar-refractivity contribution >= 4 is 55.7 Å². The topological polar surface area (TPSA) is 6.48 Å². The third-order valence-electron chi connectivity index (χ3n) is 9.66. The van der Waals surface area contributed by atoms with Crippen molar-refractivity contribution in [3.05, 3.63) is 218 Å². The fourth-order valence-electron chi connectivity index (χ4n) is 7.38. The first-order valence-electron chi connectivity index (χ1n) is 18.0. The van der Waals surface area contributed by atoms with Crippen LogP contribution in [0, 0.1) is 0 Å². The Kier molecular flexibility index (Phi) is 9.44. The summed E-state index contributed by atoms with van der Waals surface area (Å²) in [7, 11) is 0. The first-order chi connectivity index (χ1) is 25.8. The van der Waals surface area contributed by atoms with Crippen molar-refractivity contribution in [2.24, 2.45) is 0 Å². The van der Waals surface area contributed by atoms with E-state index in [9.17, 15) is 0 Å². The number of fused-ring (bicyclic) bond motifs is 3. The monoisotopic (exact) mass is 668 g/mol. The Morgan fingerprint density at radius 2 is 0.808 bits per heavy atom. The lowest BCUT2D eigenvalue weighted by molar-refractivity contribution is 1.02. The van der Waals surface area contributed by atoms with E-state index in [-0.39, 0.29) is 0 Å². The molecule has 0 unspecified atom stereocenters. The number of hydrogen-bond donors (Lipinski definition) is 0. The van der Waals surface area contributed by atoms with E-state index in [2.05, 4.69) is 217 Å². The number of aryl methyl sites for hydroxylation is 1. The third kappa shape index (κ3) is 6.51. The molecule has 0 N–H and O–H groups in total. The summed E-state index contributed by atoms with van der Waals surface area (Å²) in [5.41, 5.74) is 10.6. The molecule has 0 aromatic heterocycles. The quantitative estimate of drug-likeness (QED) is 0.1000. The Hall–Kier alpha value is -6.64. The highest BCUT2D eigenvalue weighted by atomic mass is 15.1. The molecule has 0 aliphatic rings. The van der Waals surface area contributed by atoms with Gasteiger partial charge in [-0.1, -0.05) is 140 Å². The molecule has 0 radical (unpaired) electrons. The van der Waals surface area contributed by atoms with E-state index in [0.29, 0.717) is 0 Å². The predicted molar refractivity (Wildman–Crippen MR) is 224 cm³/mol. The normalized spacial score (nSPS) is 11.2. The van der Waals surface area contributed by atoms with Crippen LogP contribution < -0.4 is 9.80 Å². The summed E-state index contributed by atoms with van der Waals surface area (Å²) >= 11 is 0. The maximum Gasteiger partial charge on any atom is 0.0468 e. The smallest absolute Gasteiger partial charge is 0.0468 e. The highest BCUT2D eigenvalue weighted by molar-refractivity contribution is 6.17. The van der Waals surface area contributed by atoms with Gasteiger partial charge in [-0.25, -0.2) is 0 Å². The Morgan fingerprint density at radius 1 is 0.404 bits per heavy atom. The van der Waals surface area contributed by atoms with Crippen LogP contribution in [0.4, 0.5) is 34.1 Å². The zero-order chi connectivity index (χ0) is 35.1.